The maximum absolute atomic E-state index is 6.53. The summed E-state index contributed by atoms with van der Waals surface area (Å²) in [6.07, 6.45) is 11.6. The zero-order valence-electron chi connectivity index (χ0n) is 13.2. The van der Waals surface area contributed by atoms with E-state index in [1.165, 1.54) is 51.4 Å². The zero-order valence-corrected chi connectivity index (χ0v) is 13.2. The van der Waals surface area contributed by atoms with E-state index in [1.54, 1.807) is 0 Å². The smallest absolute Gasteiger partial charge is 0.0731 e. The Kier molecular flexibility index (Phi) is 6.15. The summed E-state index contributed by atoms with van der Waals surface area (Å²) in [7, 11) is 0. The number of rotatable bonds is 4. The lowest BCUT2D eigenvalue weighted by Gasteiger charge is -2.36. The quantitative estimate of drug-likeness (QED) is 0.773. The van der Waals surface area contributed by atoms with Gasteiger partial charge in [-0.15, -0.1) is 0 Å². The van der Waals surface area contributed by atoms with E-state index < -0.39 is 0 Å². The third-order valence-electron chi connectivity index (χ3n) is 5.34. The third kappa shape index (κ3) is 4.46. The summed E-state index contributed by atoms with van der Waals surface area (Å²) in [5.41, 5.74) is 0. The molecule has 2 aliphatic carbocycles. The Morgan fingerprint density at radius 3 is 2.47 bits per heavy atom. The molecular formula is C17H33NO. The van der Waals surface area contributed by atoms with Crippen LogP contribution in [0.3, 0.4) is 0 Å². The highest BCUT2D eigenvalue weighted by molar-refractivity contribution is 4.83. The van der Waals surface area contributed by atoms with Gasteiger partial charge in [-0.1, -0.05) is 40.0 Å². The fourth-order valence-corrected chi connectivity index (χ4v) is 3.80. The van der Waals surface area contributed by atoms with Crippen LogP contribution in [-0.4, -0.2) is 24.8 Å². The third-order valence-corrected chi connectivity index (χ3v) is 5.34. The van der Waals surface area contributed by atoms with Crippen molar-refractivity contribution < 1.29 is 4.74 Å². The summed E-state index contributed by atoms with van der Waals surface area (Å²) in [6.45, 7) is 8.08. The van der Waals surface area contributed by atoms with Crippen molar-refractivity contribution in [2.75, 3.05) is 6.54 Å². The summed E-state index contributed by atoms with van der Waals surface area (Å²) < 4.78 is 6.53. The van der Waals surface area contributed by atoms with Gasteiger partial charge in [-0.05, 0) is 50.5 Å². The van der Waals surface area contributed by atoms with Crippen LogP contribution in [-0.2, 0) is 4.74 Å². The normalized spacial score (nSPS) is 40.9. The molecule has 2 fully saturated rings. The van der Waals surface area contributed by atoms with Crippen molar-refractivity contribution in [3.05, 3.63) is 0 Å². The Labute approximate surface area is 119 Å². The van der Waals surface area contributed by atoms with Crippen molar-refractivity contribution in [2.24, 2.45) is 11.8 Å². The van der Waals surface area contributed by atoms with E-state index in [0.717, 1.165) is 18.4 Å². The summed E-state index contributed by atoms with van der Waals surface area (Å²) in [5, 5.41) is 3.66. The minimum atomic E-state index is 0.466. The second-order valence-electron chi connectivity index (χ2n) is 6.87. The Hall–Kier alpha value is -0.0800. The van der Waals surface area contributed by atoms with Gasteiger partial charge in [0, 0.05) is 6.04 Å². The molecule has 2 saturated carbocycles. The molecule has 0 bridgehead atoms. The monoisotopic (exact) mass is 267 g/mol. The average Bonchev–Trinajstić information content (AvgIpc) is 2.61. The molecule has 2 aliphatic rings. The highest BCUT2D eigenvalue weighted by Crippen LogP contribution is 2.33. The molecule has 19 heavy (non-hydrogen) atoms. The van der Waals surface area contributed by atoms with Crippen molar-refractivity contribution >= 4 is 0 Å². The lowest BCUT2D eigenvalue weighted by atomic mass is 9.80. The summed E-state index contributed by atoms with van der Waals surface area (Å²) in [6, 6.07) is 0.599. The van der Waals surface area contributed by atoms with Gasteiger partial charge >= 0.3 is 0 Å². The Morgan fingerprint density at radius 2 is 1.74 bits per heavy atom. The van der Waals surface area contributed by atoms with Crippen LogP contribution in [0.5, 0.6) is 0 Å². The molecule has 0 radical (unpaired) electrons. The van der Waals surface area contributed by atoms with Crippen molar-refractivity contribution in [3.63, 3.8) is 0 Å². The molecule has 0 aromatic rings. The first-order valence-corrected chi connectivity index (χ1v) is 8.59. The van der Waals surface area contributed by atoms with Gasteiger partial charge in [0.1, 0.15) is 0 Å². The Balaban J connectivity index is 1.87. The highest BCUT2D eigenvalue weighted by atomic mass is 16.5. The van der Waals surface area contributed by atoms with Crippen LogP contribution >= 0.6 is 0 Å². The van der Waals surface area contributed by atoms with Crippen molar-refractivity contribution in [1.82, 2.24) is 5.32 Å². The van der Waals surface area contributed by atoms with Gasteiger partial charge in [0.05, 0.1) is 12.2 Å². The molecular weight excluding hydrogens is 234 g/mol. The predicted octanol–water partition coefficient (Wildman–Crippen LogP) is 4.14. The number of hydrogen-bond donors (Lipinski definition) is 1. The largest absolute Gasteiger partial charge is 0.373 e. The van der Waals surface area contributed by atoms with Crippen LogP contribution in [0.2, 0.25) is 0 Å². The van der Waals surface area contributed by atoms with Crippen LogP contribution in [0.4, 0.5) is 0 Å². The second-order valence-corrected chi connectivity index (χ2v) is 6.87. The van der Waals surface area contributed by atoms with E-state index in [4.69, 9.17) is 4.74 Å². The number of ether oxygens (including phenoxy) is 1. The average molecular weight is 267 g/mol. The first kappa shape index (κ1) is 15.3. The standard InChI is InChI=1S/C17H33NO/c1-4-18-16-8-6-5-7-9-17(16)19-15-11-10-13(2)14(3)12-15/h13-18H,4-12H2,1-3H3. The minimum Gasteiger partial charge on any atom is -0.373 e. The molecule has 5 unspecified atom stereocenters. The summed E-state index contributed by atoms with van der Waals surface area (Å²) in [5.74, 6) is 1.72. The van der Waals surface area contributed by atoms with Gasteiger partial charge in [-0.3, -0.25) is 0 Å². The molecule has 0 aromatic carbocycles. The first-order chi connectivity index (χ1) is 9.20. The maximum atomic E-state index is 6.53. The minimum absolute atomic E-state index is 0.466. The highest BCUT2D eigenvalue weighted by Gasteiger charge is 2.30. The van der Waals surface area contributed by atoms with E-state index in [9.17, 15) is 0 Å². The fraction of sp³-hybridized carbons (Fsp3) is 1.00. The van der Waals surface area contributed by atoms with Crippen molar-refractivity contribution in [1.29, 1.82) is 0 Å². The Bertz CT molecular complexity index is 256. The topological polar surface area (TPSA) is 21.3 Å². The van der Waals surface area contributed by atoms with Crippen molar-refractivity contribution in [3.8, 4) is 0 Å². The number of hydrogen-bond acceptors (Lipinski definition) is 2. The van der Waals surface area contributed by atoms with E-state index in [-0.39, 0.29) is 0 Å². The van der Waals surface area contributed by atoms with Crippen LogP contribution in [0.1, 0.15) is 72.1 Å². The number of likely N-dealkylation sites (N-methyl/N-ethyl adjacent to an activating group) is 1. The number of nitrogens with one attached hydrogen (secondary N) is 1. The van der Waals surface area contributed by atoms with Crippen LogP contribution in [0.25, 0.3) is 0 Å². The molecule has 2 nitrogen and oxygen atoms in total. The lowest BCUT2D eigenvalue weighted by Crippen LogP contribution is -2.43. The molecule has 0 aromatic heterocycles. The SMILES string of the molecule is CCNC1CCCCCC1OC1CCC(C)C(C)C1. The fourth-order valence-electron chi connectivity index (χ4n) is 3.80. The van der Waals surface area contributed by atoms with E-state index in [1.807, 2.05) is 0 Å². The summed E-state index contributed by atoms with van der Waals surface area (Å²) >= 11 is 0. The molecule has 0 spiro atoms. The lowest BCUT2D eigenvalue weighted by molar-refractivity contribution is -0.0638. The van der Waals surface area contributed by atoms with Gasteiger partial charge in [-0.25, -0.2) is 0 Å². The molecule has 0 aliphatic heterocycles. The molecule has 2 rings (SSSR count). The van der Waals surface area contributed by atoms with E-state index in [2.05, 4.69) is 26.1 Å². The zero-order chi connectivity index (χ0) is 13.7. The summed E-state index contributed by atoms with van der Waals surface area (Å²) in [4.78, 5) is 0. The molecule has 2 heteroatoms. The molecule has 1 N–H and O–H groups in total. The van der Waals surface area contributed by atoms with Gasteiger partial charge in [0.25, 0.3) is 0 Å². The molecule has 0 saturated heterocycles. The first-order valence-electron chi connectivity index (χ1n) is 8.59. The van der Waals surface area contributed by atoms with E-state index >= 15 is 0 Å². The van der Waals surface area contributed by atoms with Crippen LogP contribution < -0.4 is 5.32 Å². The van der Waals surface area contributed by atoms with Crippen LogP contribution in [0.15, 0.2) is 0 Å². The molecule has 112 valence electrons. The van der Waals surface area contributed by atoms with Crippen molar-refractivity contribution in [2.45, 2.75) is 90.4 Å². The molecule has 5 atom stereocenters. The Morgan fingerprint density at radius 1 is 0.947 bits per heavy atom. The van der Waals surface area contributed by atoms with Gasteiger partial charge < -0.3 is 10.1 Å². The second kappa shape index (κ2) is 7.64. The van der Waals surface area contributed by atoms with E-state index in [0.29, 0.717) is 18.2 Å². The molecule has 0 amide bonds. The van der Waals surface area contributed by atoms with Crippen LogP contribution in [0, 0.1) is 11.8 Å². The molecule has 0 heterocycles. The predicted molar refractivity (Wildman–Crippen MR) is 81.4 cm³/mol. The van der Waals surface area contributed by atoms with Gasteiger partial charge in [0.2, 0.25) is 0 Å². The van der Waals surface area contributed by atoms with Gasteiger partial charge in [0.15, 0.2) is 0 Å². The van der Waals surface area contributed by atoms with Gasteiger partial charge in [-0.2, -0.15) is 0 Å². The maximum Gasteiger partial charge on any atom is 0.0731 e.